The number of rotatable bonds is 4. The van der Waals surface area contributed by atoms with Gasteiger partial charge in [0.2, 0.25) is 0 Å². The van der Waals surface area contributed by atoms with Crippen LogP contribution in [0, 0.1) is 0 Å². The van der Waals surface area contributed by atoms with Crippen LogP contribution < -0.4 is 0 Å². The maximum atomic E-state index is 11.6. The second kappa shape index (κ2) is 5.29. The highest BCUT2D eigenvalue weighted by atomic mass is 35.7. The Morgan fingerprint density at radius 3 is 2.50 bits per heavy atom. The van der Waals surface area contributed by atoms with Gasteiger partial charge in [0, 0.05) is 10.7 Å². The summed E-state index contributed by atoms with van der Waals surface area (Å²) in [6.45, 7) is 2.08. The van der Waals surface area contributed by atoms with Crippen LogP contribution in [-0.4, -0.2) is 8.42 Å². The molecule has 0 unspecified atom stereocenters. The van der Waals surface area contributed by atoms with E-state index in [1.54, 1.807) is 12.1 Å². The summed E-state index contributed by atoms with van der Waals surface area (Å²) in [5.74, 6) is 0. The minimum absolute atomic E-state index is 0.247. The van der Waals surface area contributed by atoms with Gasteiger partial charge in [0.15, 0.2) is 0 Å². The molecule has 18 heavy (non-hydrogen) atoms. The fourth-order valence-corrected chi connectivity index (χ4v) is 3.33. The summed E-state index contributed by atoms with van der Waals surface area (Å²) in [5, 5.41) is 2.03. The lowest BCUT2D eigenvalue weighted by Gasteiger charge is -2.10. The highest BCUT2D eigenvalue weighted by Crippen LogP contribution is 2.29. The lowest BCUT2D eigenvalue weighted by Crippen LogP contribution is -1.99. The molecule has 0 aromatic heterocycles. The molecule has 96 valence electrons. The Morgan fingerprint density at radius 1 is 1.11 bits per heavy atom. The number of benzene rings is 2. The van der Waals surface area contributed by atoms with Crippen molar-refractivity contribution in [3.05, 3.63) is 42.0 Å². The van der Waals surface area contributed by atoms with E-state index in [2.05, 4.69) is 6.92 Å². The zero-order chi connectivity index (χ0) is 13.2. The van der Waals surface area contributed by atoms with Gasteiger partial charge in [-0.25, -0.2) is 8.42 Å². The van der Waals surface area contributed by atoms with Crippen LogP contribution in [0.2, 0.25) is 0 Å². The van der Waals surface area contributed by atoms with E-state index in [0.29, 0.717) is 0 Å². The first-order valence-electron chi connectivity index (χ1n) is 5.99. The fraction of sp³-hybridized carbons (Fsp3) is 0.286. The Balaban J connectivity index is 2.71. The van der Waals surface area contributed by atoms with Gasteiger partial charge in [-0.15, -0.1) is 0 Å². The first-order chi connectivity index (χ1) is 8.54. The number of unbranched alkanes of at least 4 members (excludes halogenated alkanes) is 1. The predicted octanol–water partition coefficient (Wildman–Crippen LogP) is 4.11. The summed E-state index contributed by atoms with van der Waals surface area (Å²) in [6, 6.07) is 11.2. The van der Waals surface area contributed by atoms with Gasteiger partial charge in [-0.2, -0.15) is 0 Å². The van der Waals surface area contributed by atoms with Gasteiger partial charge in [-0.1, -0.05) is 43.7 Å². The largest absolute Gasteiger partial charge is 0.261 e. The minimum Gasteiger partial charge on any atom is -0.207 e. The highest BCUT2D eigenvalue weighted by molar-refractivity contribution is 8.13. The predicted molar refractivity (Wildman–Crippen MR) is 75.6 cm³/mol. The molecule has 0 N–H and O–H groups in total. The normalized spacial score (nSPS) is 11.9. The average molecular weight is 283 g/mol. The summed E-state index contributed by atoms with van der Waals surface area (Å²) in [5.41, 5.74) is 0.838. The van der Waals surface area contributed by atoms with Crippen molar-refractivity contribution in [2.45, 2.75) is 31.1 Å². The maximum Gasteiger partial charge on any atom is 0.261 e. The van der Waals surface area contributed by atoms with E-state index in [9.17, 15) is 8.42 Å². The number of aryl methyl sites for hydroxylation is 1. The standard InChI is InChI=1S/C14H15ClO2S/c1-2-3-7-13-12-8-5-4-6-11(12)9-10-14(13)18(15,16)17/h4-6,8-10H,2-3,7H2,1H3. The number of hydrogen-bond donors (Lipinski definition) is 0. The first kappa shape index (κ1) is 13.4. The third-order valence-electron chi connectivity index (χ3n) is 3.04. The Morgan fingerprint density at radius 2 is 1.83 bits per heavy atom. The summed E-state index contributed by atoms with van der Waals surface area (Å²) in [7, 11) is 1.83. The van der Waals surface area contributed by atoms with E-state index in [4.69, 9.17) is 10.7 Å². The molecule has 0 radical (unpaired) electrons. The van der Waals surface area contributed by atoms with Crippen molar-refractivity contribution < 1.29 is 8.42 Å². The van der Waals surface area contributed by atoms with Gasteiger partial charge in [0.25, 0.3) is 9.05 Å². The molecule has 2 nitrogen and oxygen atoms in total. The highest BCUT2D eigenvalue weighted by Gasteiger charge is 2.17. The van der Waals surface area contributed by atoms with Gasteiger partial charge < -0.3 is 0 Å². The van der Waals surface area contributed by atoms with Crippen molar-refractivity contribution in [1.82, 2.24) is 0 Å². The van der Waals surface area contributed by atoms with Crippen LogP contribution in [0.25, 0.3) is 10.8 Å². The summed E-state index contributed by atoms with van der Waals surface area (Å²) >= 11 is 0. The molecule has 0 spiro atoms. The molecule has 0 saturated carbocycles. The third-order valence-corrected chi connectivity index (χ3v) is 4.45. The Kier molecular flexibility index (Phi) is 3.93. The van der Waals surface area contributed by atoms with Gasteiger partial charge in [0.1, 0.15) is 0 Å². The molecule has 0 bridgehead atoms. The SMILES string of the molecule is CCCCc1c(S(=O)(=O)Cl)ccc2ccccc12. The lowest BCUT2D eigenvalue weighted by molar-refractivity contribution is 0.608. The second-order valence-corrected chi connectivity index (χ2v) is 6.84. The number of hydrogen-bond acceptors (Lipinski definition) is 2. The van der Waals surface area contributed by atoms with Crippen LogP contribution >= 0.6 is 10.7 Å². The summed E-state index contributed by atoms with van der Waals surface area (Å²) in [4.78, 5) is 0.247. The van der Waals surface area contributed by atoms with Gasteiger partial charge in [0.05, 0.1) is 4.90 Å². The molecular formula is C14H15ClO2S. The van der Waals surface area contributed by atoms with Crippen LogP contribution in [0.3, 0.4) is 0 Å². The summed E-state index contributed by atoms with van der Waals surface area (Å²) in [6.07, 6.45) is 2.71. The van der Waals surface area contributed by atoms with Gasteiger partial charge in [-0.05, 0) is 35.2 Å². The van der Waals surface area contributed by atoms with Crippen molar-refractivity contribution in [2.24, 2.45) is 0 Å². The van der Waals surface area contributed by atoms with Gasteiger partial charge >= 0.3 is 0 Å². The van der Waals surface area contributed by atoms with Crippen molar-refractivity contribution in [3.63, 3.8) is 0 Å². The van der Waals surface area contributed by atoms with Crippen molar-refractivity contribution in [1.29, 1.82) is 0 Å². The maximum absolute atomic E-state index is 11.6. The molecule has 0 amide bonds. The van der Waals surface area contributed by atoms with Crippen molar-refractivity contribution in [3.8, 4) is 0 Å². The molecule has 0 fully saturated rings. The monoisotopic (exact) mass is 282 g/mol. The molecule has 0 heterocycles. The zero-order valence-electron chi connectivity index (χ0n) is 10.2. The summed E-state index contributed by atoms with van der Waals surface area (Å²) < 4.78 is 23.3. The van der Waals surface area contributed by atoms with E-state index in [0.717, 1.165) is 35.6 Å². The molecule has 2 aromatic carbocycles. The Bertz CT molecular complexity index is 663. The fourth-order valence-electron chi connectivity index (χ4n) is 2.16. The molecule has 0 atom stereocenters. The molecular weight excluding hydrogens is 268 g/mol. The number of fused-ring (bicyclic) bond motifs is 1. The zero-order valence-corrected chi connectivity index (χ0v) is 11.8. The molecule has 0 aliphatic rings. The lowest BCUT2D eigenvalue weighted by atomic mass is 10.0. The molecule has 0 aliphatic heterocycles. The van der Waals surface area contributed by atoms with E-state index >= 15 is 0 Å². The van der Waals surface area contributed by atoms with E-state index in [1.165, 1.54) is 0 Å². The first-order valence-corrected chi connectivity index (χ1v) is 8.30. The molecule has 0 saturated heterocycles. The number of halogens is 1. The van der Waals surface area contributed by atoms with E-state index in [-0.39, 0.29) is 4.90 Å². The van der Waals surface area contributed by atoms with E-state index < -0.39 is 9.05 Å². The van der Waals surface area contributed by atoms with Crippen LogP contribution in [-0.2, 0) is 15.5 Å². The molecule has 0 aliphatic carbocycles. The molecule has 2 aromatic rings. The smallest absolute Gasteiger partial charge is 0.207 e. The molecule has 4 heteroatoms. The van der Waals surface area contributed by atoms with Crippen LogP contribution in [0.1, 0.15) is 25.3 Å². The Labute approximate surface area is 112 Å². The average Bonchev–Trinajstić information content (AvgIpc) is 2.34. The van der Waals surface area contributed by atoms with Crippen LogP contribution in [0.15, 0.2) is 41.3 Å². The Hall–Kier alpha value is -1.06. The van der Waals surface area contributed by atoms with Crippen LogP contribution in [0.5, 0.6) is 0 Å². The molecule has 2 rings (SSSR count). The van der Waals surface area contributed by atoms with Crippen molar-refractivity contribution in [2.75, 3.05) is 0 Å². The quantitative estimate of drug-likeness (QED) is 0.791. The van der Waals surface area contributed by atoms with Gasteiger partial charge in [-0.3, -0.25) is 0 Å². The van der Waals surface area contributed by atoms with Crippen LogP contribution in [0.4, 0.5) is 0 Å². The second-order valence-electron chi connectivity index (χ2n) is 4.30. The minimum atomic E-state index is -3.68. The van der Waals surface area contributed by atoms with Crippen molar-refractivity contribution >= 4 is 30.5 Å². The third kappa shape index (κ3) is 2.68. The topological polar surface area (TPSA) is 34.1 Å². The van der Waals surface area contributed by atoms with E-state index in [1.807, 2.05) is 24.3 Å².